The highest BCUT2D eigenvalue weighted by Crippen LogP contribution is 2.27. The molecule has 1 saturated carbocycles. The monoisotopic (exact) mass is 247 g/mol. The van der Waals surface area contributed by atoms with E-state index in [0.717, 1.165) is 45.1 Å². The lowest BCUT2D eigenvalue weighted by Gasteiger charge is -2.18. The van der Waals surface area contributed by atoms with Gasteiger partial charge in [0.25, 0.3) is 0 Å². The summed E-state index contributed by atoms with van der Waals surface area (Å²) in [5.41, 5.74) is 0. The van der Waals surface area contributed by atoms with Gasteiger partial charge in [-0.05, 0) is 32.7 Å². The lowest BCUT2D eigenvalue weighted by atomic mass is 10.3. The second-order valence-corrected chi connectivity index (χ2v) is 7.51. The lowest BCUT2D eigenvalue weighted by molar-refractivity contribution is 0.553. The minimum atomic E-state index is -2.89. The van der Waals surface area contributed by atoms with Crippen molar-refractivity contribution in [1.82, 2.24) is 5.32 Å². The molecule has 1 aliphatic rings. The summed E-state index contributed by atoms with van der Waals surface area (Å²) in [6.45, 7) is 5.52. The molecule has 16 heavy (non-hydrogen) atoms. The molecule has 1 rings (SSSR count). The molecule has 0 aromatic rings. The first-order valence-electron chi connectivity index (χ1n) is 6.52. The van der Waals surface area contributed by atoms with Crippen LogP contribution in [0, 0.1) is 0 Å². The van der Waals surface area contributed by atoms with Gasteiger partial charge in [-0.1, -0.05) is 26.2 Å². The normalized spacial score (nSPS) is 20.1. The molecule has 0 amide bonds. The minimum Gasteiger partial charge on any atom is -0.315 e. The second kappa shape index (κ2) is 6.60. The van der Waals surface area contributed by atoms with Crippen molar-refractivity contribution in [2.45, 2.75) is 62.9 Å². The predicted molar refractivity (Wildman–Crippen MR) is 68.4 cm³/mol. The van der Waals surface area contributed by atoms with Crippen molar-refractivity contribution in [3.63, 3.8) is 0 Å². The highest BCUT2D eigenvalue weighted by atomic mass is 32.2. The van der Waals surface area contributed by atoms with Gasteiger partial charge in [-0.15, -0.1) is 0 Å². The molecule has 1 N–H and O–H groups in total. The van der Waals surface area contributed by atoms with Crippen molar-refractivity contribution in [3.05, 3.63) is 0 Å². The van der Waals surface area contributed by atoms with E-state index in [4.69, 9.17) is 0 Å². The second-order valence-electron chi connectivity index (χ2n) is 4.86. The van der Waals surface area contributed by atoms with E-state index in [9.17, 15) is 8.42 Å². The van der Waals surface area contributed by atoms with Gasteiger partial charge in [0.05, 0.1) is 10.5 Å². The first-order valence-corrected chi connectivity index (χ1v) is 8.13. The van der Waals surface area contributed by atoms with Crippen LogP contribution < -0.4 is 5.32 Å². The van der Waals surface area contributed by atoms with E-state index in [1.807, 2.05) is 6.92 Å². The average Bonchev–Trinajstić information content (AvgIpc) is 2.77. The Hall–Kier alpha value is -0.0900. The zero-order chi connectivity index (χ0) is 12.0. The van der Waals surface area contributed by atoms with Crippen LogP contribution in [-0.2, 0) is 9.84 Å². The van der Waals surface area contributed by atoms with Crippen LogP contribution in [0.15, 0.2) is 0 Å². The van der Waals surface area contributed by atoms with Crippen molar-refractivity contribution in [2.24, 2.45) is 0 Å². The summed E-state index contributed by atoms with van der Waals surface area (Å²) in [6.07, 6.45) is 6.19. The molecular formula is C12H25NO2S. The zero-order valence-electron chi connectivity index (χ0n) is 10.5. The third-order valence-electron chi connectivity index (χ3n) is 3.47. The summed E-state index contributed by atoms with van der Waals surface area (Å²) < 4.78 is 24.3. The Morgan fingerprint density at radius 2 is 1.94 bits per heavy atom. The van der Waals surface area contributed by atoms with E-state index >= 15 is 0 Å². The molecule has 4 heteroatoms. The maximum atomic E-state index is 12.2. The molecule has 1 fully saturated rings. The topological polar surface area (TPSA) is 46.2 Å². The van der Waals surface area contributed by atoms with Gasteiger partial charge in [-0.2, -0.15) is 0 Å². The summed E-state index contributed by atoms with van der Waals surface area (Å²) in [6, 6.07) is 0. The van der Waals surface area contributed by atoms with Crippen molar-refractivity contribution in [1.29, 1.82) is 0 Å². The number of hydrogen-bond donors (Lipinski definition) is 1. The molecular weight excluding hydrogens is 222 g/mol. The van der Waals surface area contributed by atoms with Crippen LogP contribution in [0.25, 0.3) is 0 Å². The Labute approximate surface area is 99.9 Å². The third-order valence-corrected chi connectivity index (χ3v) is 6.16. The van der Waals surface area contributed by atoms with Gasteiger partial charge in [-0.3, -0.25) is 0 Å². The van der Waals surface area contributed by atoms with E-state index in [1.54, 1.807) is 0 Å². The van der Waals surface area contributed by atoms with E-state index in [2.05, 4.69) is 12.2 Å². The van der Waals surface area contributed by atoms with Crippen molar-refractivity contribution in [3.8, 4) is 0 Å². The van der Waals surface area contributed by atoms with Crippen molar-refractivity contribution in [2.75, 3.05) is 13.1 Å². The fraction of sp³-hybridized carbons (Fsp3) is 1.00. The Balaban J connectivity index is 2.36. The average molecular weight is 247 g/mol. The van der Waals surface area contributed by atoms with Crippen LogP contribution in [-0.4, -0.2) is 32.0 Å². The number of hydrogen-bond acceptors (Lipinski definition) is 3. The summed E-state index contributed by atoms with van der Waals surface area (Å²) in [5.74, 6) is 0. The van der Waals surface area contributed by atoms with E-state index in [1.165, 1.54) is 0 Å². The number of unbranched alkanes of at least 4 members (excludes halogenated alkanes) is 1. The molecule has 0 aromatic carbocycles. The Morgan fingerprint density at radius 3 is 2.50 bits per heavy atom. The molecule has 0 bridgehead atoms. The first kappa shape index (κ1) is 14.0. The standard InChI is InChI=1S/C12H25NO2S/c1-3-4-9-13-10-11(2)16(14,15)12-7-5-6-8-12/h11-13H,3-10H2,1-2H3. The van der Waals surface area contributed by atoms with Gasteiger partial charge in [0, 0.05) is 6.54 Å². The highest BCUT2D eigenvalue weighted by Gasteiger charge is 2.32. The summed E-state index contributed by atoms with van der Waals surface area (Å²) in [4.78, 5) is 0. The molecule has 0 saturated heterocycles. The molecule has 96 valence electrons. The van der Waals surface area contributed by atoms with Crippen LogP contribution in [0.4, 0.5) is 0 Å². The third kappa shape index (κ3) is 3.74. The van der Waals surface area contributed by atoms with Crippen LogP contribution in [0.3, 0.4) is 0 Å². The molecule has 1 aliphatic carbocycles. The molecule has 3 nitrogen and oxygen atoms in total. The van der Waals surface area contributed by atoms with Crippen LogP contribution in [0.1, 0.15) is 52.4 Å². The highest BCUT2D eigenvalue weighted by molar-refractivity contribution is 7.92. The smallest absolute Gasteiger partial charge is 0.156 e. The first-order chi connectivity index (χ1) is 7.59. The number of rotatable bonds is 7. The van der Waals surface area contributed by atoms with Gasteiger partial charge in [0.15, 0.2) is 9.84 Å². The van der Waals surface area contributed by atoms with Crippen molar-refractivity contribution < 1.29 is 8.42 Å². The van der Waals surface area contributed by atoms with Crippen LogP contribution >= 0.6 is 0 Å². The van der Waals surface area contributed by atoms with Crippen LogP contribution in [0.2, 0.25) is 0 Å². The minimum absolute atomic E-state index is 0.0597. The zero-order valence-corrected chi connectivity index (χ0v) is 11.4. The maximum absolute atomic E-state index is 12.2. The van der Waals surface area contributed by atoms with Crippen LogP contribution in [0.5, 0.6) is 0 Å². The SMILES string of the molecule is CCCCNCC(C)S(=O)(=O)C1CCCC1. The molecule has 1 atom stereocenters. The van der Waals surface area contributed by atoms with Gasteiger partial charge >= 0.3 is 0 Å². The molecule has 0 heterocycles. The summed E-state index contributed by atoms with van der Waals surface area (Å²) >= 11 is 0. The lowest BCUT2D eigenvalue weighted by Crippen LogP contribution is -2.36. The number of nitrogens with one attached hydrogen (secondary N) is 1. The van der Waals surface area contributed by atoms with Crippen molar-refractivity contribution >= 4 is 9.84 Å². The van der Waals surface area contributed by atoms with Gasteiger partial charge in [0.1, 0.15) is 0 Å². The Bertz CT molecular complexity index is 281. The molecule has 0 aliphatic heterocycles. The number of sulfone groups is 1. The Kier molecular flexibility index (Phi) is 5.76. The van der Waals surface area contributed by atoms with Gasteiger partial charge < -0.3 is 5.32 Å². The fourth-order valence-electron chi connectivity index (χ4n) is 2.27. The molecule has 0 radical (unpaired) electrons. The van der Waals surface area contributed by atoms with E-state index in [0.29, 0.717) is 6.54 Å². The van der Waals surface area contributed by atoms with E-state index in [-0.39, 0.29) is 10.5 Å². The molecule has 0 spiro atoms. The maximum Gasteiger partial charge on any atom is 0.156 e. The van der Waals surface area contributed by atoms with Gasteiger partial charge in [-0.25, -0.2) is 8.42 Å². The van der Waals surface area contributed by atoms with Gasteiger partial charge in [0.2, 0.25) is 0 Å². The quantitative estimate of drug-likeness (QED) is 0.701. The molecule has 1 unspecified atom stereocenters. The molecule has 0 aromatic heterocycles. The largest absolute Gasteiger partial charge is 0.315 e. The van der Waals surface area contributed by atoms with E-state index < -0.39 is 9.84 Å². The summed E-state index contributed by atoms with van der Waals surface area (Å²) in [7, 11) is -2.89. The predicted octanol–water partition coefficient (Wildman–Crippen LogP) is 2.12. The fourth-order valence-corrected chi connectivity index (χ4v) is 4.27. The Morgan fingerprint density at radius 1 is 1.31 bits per heavy atom. The summed E-state index contributed by atoms with van der Waals surface area (Å²) in [5, 5.41) is 2.95.